The zero-order chi connectivity index (χ0) is 18.5. The molecule has 142 valence electrons. The van der Waals surface area contributed by atoms with Crippen molar-refractivity contribution in [1.29, 1.82) is 0 Å². The predicted octanol–water partition coefficient (Wildman–Crippen LogP) is 4.59. The molecular formula is C21H25N3OS2. The van der Waals surface area contributed by atoms with Gasteiger partial charge in [0.2, 0.25) is 0 Å². The lowest BCUT2D eigenvalue weighted by atomic mass is 10.1. The fraction of sp³-hybridized carbons (Fsp3) is 0.381. The molecule has 1 aliphatic rings. The Hall–Kier alpha value is -1.47. The SMILES string of the molecule is Cc1c(CSc2nc3ccccc3[nH]2)cccc1SCCN1CCOCC1. The average Bonchev–Trinajstić information content (AvgIpc) is 3.12. The van der Waals surface area contributed by atoms with Crippen molar-refractivity contribution in [2.75, 3.05) is 38.6 Å². The Balaban J connectivity index is 1.34. The molecule has 0 unspecified atom stereocenters. The Morgan fingerprint density at radius 3 is 2.78 bits per heavy atom. The molecule has 3 aromatic rings. The van der Waals surface area contributed by atoms with Gasteiger partial charge in [-0.15, -0.1) is 11.8 Å². The van der Waals surface area contributed by atoms with Crippen LogP contribution in [0.15, 0.2) is 52.5 Å². The van der Waals surface area contributed by atoms with Crippen molar-refractivity contribution < 1.29 is 4.74 Å². The van der Waals surface area contributed by atoms with Crippen molar-refractivity contribution in [3.63, 3.8) is 0 Å². The van der Waals surface area contributed by atoms with E-state index < -0.39 is 0 Å². The van der Waals surface area contributed by atoms with Crippen LogP contribution in [0.25, 0.3) is 11.0 Å². The molecule has 2 aromatic carbocycles. The molecule has 1 aliphatic heterocycles. The maximum Gasteiger partial charge on any atom is 0.166 e. The van der Waals surface area contributed by atoms with E-state index in [4.69, 9.17) is 4.74 Å². The van der Waals surface area contributed by atoms with E-state index in [-0.39, 0.29) is 0 Å². The molecule has 1 N–H and O–H groups in total. The molecule has 0 amide bonds. The average molecular weight is 400 g/mol. The molecule has 0 atom stereocenters. The highest BCUT2D eigenvalue weighted by atomic mass is 32.2. The second-order valence-corrected chi connectivity index (χ2v) is 8.79. The van der Waals surface area contributed by atoms with E-state index in [0.29, 0.717) is 0 Å². The first kappa shape index (κ1) is 18.9. The summed E-state index contributed by atoms with van der Waals surface area (Å²) in [6.07, 6.45) is 0. The number of benzene rings is 2. The number of imidazole rings is 1. The Kier molecular flexibility index (Phi) is 6.39. The molecule has 1 saturated heterocycles. The maximum atomic E-state index is 5.42. The topological polar surface area (TPSA) is 41.2 Å². The van der Waals surface area contributed by atoms with Crippen LogP contribution in [0.1, 0.15) is 11.1 Å². The largest absolute Gasteiger partial charge is 0.379 e. The molecular weight excluding hydrogens is 374 g/mol. The van der Waals surface area contributed by atoms with Crippen LogP contribution in [-0.2, 0) is 10.5 Å². The van der Waals surface area contributed by atoms with Crippen molar-refractivity contribution in [3.8, 4) is 0 Å². The van der Waals surface area contributed by atoms with E-state index in [1.165, 1.54) is 16.0 Å². The summed E-state index contributed by atoms with van der Waals surface area (Å²) in [7, 11) is 0. The normalized spacial score (nSPS) is 15.4. The van der Waals surface area contributed by atoms with Gasteiger partial charge in [0.05, 0.1) is 24.2 Å². The summed E-state index contributed by atoms with van der Waals surface area (Å²) in [5, 5.41) is 0.987. The van der Waals surface area contributed by atoms with Crippen molar-refractivity contribution in [2.45, 2.75) is 22.7 Å². The summed E-state index contributed by atoms with van der Waals surface area (Å²) in [4.78, 5) is 12.0. The second kappa shape index (κ2) is 9.15. The van der Waals surface area contributed by atoms with E-state index in [1.54, 1.807) is 11.8 Å². The van der Waals surface area contributed by atoms with E-state index in [9.17, 15) is 0 Å². The van der Waals surface area contributed by atoms with Crippen LogP contribution < -0.4 is 0 Å². The van der Waals surface area contributed by atoms with Gasteiger partial charge in [0.1, 0.15) is 0 Å². The number of aromatic amines is 1. The standard InChI is InChI=1S/C21H25N3OS2/c1-16-17(15-27-21-22-18-6-2-3-7-19(18)23-21)5-4-8-20(16)26-14-11-24-9-12-25-13-10-24/h2-8H,9-15H2,1H3,(H,22,23). The maximum absolute atomic E-state index is 5.42. The highest BCUT2D eigenvalue weighted by Crippen LogP contribution is 2.29. The number of hydrogen-bond acceptors (Lipinski definition) is 5. The Morgan fingerprint density at radius 1 is 1.07 bits per heavy atom. The number of rotatable bonds is 7. The summed E-state index contributed by atoms with van der Waals surface area (Å²) in [5.41, 5.74) is 4.91. The third-order valence-corrected chi connectivity index (χ3v) is 6.96. The number of hydrogen-bond donors (Lipinski definition) is 1. The van der Waals surface area contributed by atoms with Gasteiger partial charge in [-0.2, -0.15) is 0 Å². The second-order valence-electron chi connectivity index (χ2n) is 6.69. The minimum absolute atomic E-state index is 0.873. The summed E-state index contributed by atoms with van der Waals surface area (Å²) in [6.45, 7) is 7.24. The molecule has 2 heterocycles. The van der Waals surface area contributed by atoms with Gasteiger partial charge in [-0.3, -0.25) is 4.90 Å². The van der Waals surface area contributed by atoms with Gasteiger partial charge in [-0.1, -0.05) is 36.0 Å². The van der Waals surface area contributed by atoms with Crippen molar-refractivity contribution >= 4 is 34.6 Å². The molecule has 6 heteroatoms. The van der Waals surface area contributed by atoms with E-state index in [1.807, 2.05) is 30.0 Å². The molecule has 4 rings (SSSR count). The molecule has 0 radical (unpaired) electrons. The third-order valence-electron chi connectivity index (χ3n) is 4.90. The van der Waals surface area contributed by atoms with E-state index >= 15 is 0 Å². The highest BCUT2D eigenvalue weighted by molar-refractivity contribution is 7.99. The molecule has 0 spiro atoms. The first-order chi connectivity index (χ1) is 13.3. The van der Waals surface area contributed by atoms with Crippen LogP contribution in [0.3, 0.4) is 0 Å². The molecule has 1 fully saturated rings. The zero-order valence-electron chi connectivity index (χ0n) is 15.6. The Labute approximate surface area is 169 Å². The lowest BCUT2D eigenvalue weighted by Gasteiger charge is -2.26. The van der Waals surface area contributed by atoms with Gasteiger partial charge < -0.3 is 9.72 Å². The number of morpholine rings is 1. The fourth-order valence-corrected chi connectivity index (χ4v) is 5.27. The summed E-state index contributed by atoms with van der Waals surface area (Å²) in [6, 6.07) is 14.8. The lowest BCUT2D eigenvalue weighted by molar-refractivity contribution is 0.0410. The summed E-state index contributed by atoms with van der Waals surface area (Å²) >= 11 is 3.74. The Morgan fingerprint density at radius 2 is 1.93 bits per heavy atom. The number of H-pyrrole nitrogens is 1. The molecule has 27 heavy (non-hydrogen) atoms. The van der Waals surface area contributed by atoms with Crippen LogP contribution in [0.2, 0.25) is 0 Å². The number of thioether (sulfide) groups is 2. The minimum atomic E-state index is 0.873. The first-order valence-electron chi connectivity index (χ1n) is 9.38. The van der Waals surface area contributed by atoms with Crippen molar-refractivity contribution in [2.24, 2.45) is 0 Å². The molecule has 0 aliphatic carbocycles. The van der Waals surface area contributed by atoms with Crippen LogP contribution >= 0.6 is 23.5 Å². The van der Waals surface area contributed by atoms with Gasteiger partial charge >= 0.3 is 0 Å². The van der Waals surface area contributed by atoms with Crippen LogP contribution in [0.4, 0.5) is 0 Å². The first-order valence-corrected chi connectivity index (χ1v) is 11.4. The quantitative estimate of drug-likeness (QED) is 0.589. The van der Waals surface area contributed by atoms with Crippen molar-refractivity contribution in [1.82, 2.24) is 14.9 Å². The van der Waals surface area contributed by atoms with Gasteiger partial charge in [0.25, 0.3) is 0 Å². The smallest absolute Gasteiger partial charge is 0.166 e. The zero-order valence-corrected chi connectivity index (χ0v) is 17.2. The van der Waals surface area contributed by atoms with Gasteiger partial charge in [-0.05, 0) is 36.2 Å². The number of para-hydroxylation sites is 2. The number of ether oxygens (including phenoxy) is 1. The molecule has 0 bridgehead atoms. The minimum Gasteiger partial charge on any atom is -0.379 e. The molecule has 4 nitrogen and oxygen atoms in total. The van der Waals surface area contributed by atoms with Gasteiger partial charge in [-0.25, -0.2) is 4.98 Å². The van der Waals surface area contributed by atoms with Crippen LogP contribution in [-0.4, -0.2) is 53.5 Å². The number of aromatic nitrogens is 2. The lowest BCUT2D eigenvalue weighted by Crippen LogP contribution is -2.37. The monoisotopic (exact) mass is 399 g/mol. The molecule has 1 aromatic heterocycles. The van der Waals surface area contributed by atoms with Crippen LogP contribution in [0, 0.1) is 6.92 Å². The van der Waals surface area contributed by atoms with Crippen molar-refractivity contribution in [3.05, 3.63) is 53.6 Å². The summed E-state index contributed by atoms with van der Waals surface area (Å²) < 4.78 is 5.42. The van der Waals surface area contributed by atoms with Gasteiger partial charge in [0, 0.05) is 36.0 Å². The number of nitrogens with one attached hydrogen (secondary N) is 1. The summed E-state index contributed by atoms with van der Waals surface area (Å²) in [5.74, 6) is 2.06. The molecule has 0 saturated carbocycles. The number of fused-ring (bicyclic) bond motifs is 1. The van der Waals surface area contributed by atoms with E-state index in [2.05, 4.69) is 46.1 Å². The van der Waals surface area contributed by atoms with Crippen LogP contribution in [0.5, 0.6) is 0 Å². The van der Waals surface area contributed by atoms with Gasteiger partial charge in [0.15, 0.2) is 5.16 Å². The third kappa shape index (κ3) is 4.88. The Bertz CT molecular complexity index is 857. The van der Waals surface area contributed by atoms with E-state index in [0.717, 1.165) is 60.5 Å². The fourth-order valence-electron chi connectivity index (χ4n) is 3.23. The predicted molar refractivity (Wildman–Crippen MR) is 115 cm³/mol. The highest BCUT2D eigenvalue weighted by Gasteiger charge is 2.11. The number of nitrogens with zero attached hydrogens (tertiary/aromatic N) is 2.